The smallest absolute Gasteiger partial charge is 0.352 e. The van der Waals surface area contributed by atoms with Gasteiger partial charge in [0.05, 0.1) is 24.8 Å². The largest absolute Gasteiger partial charge is 0.477 e. The summed E-state index contributed by atoms with van der Waals surface area (Å²) in [6.07, 6.45) is 4.72. The van der Waals surface area contributed by atoms with Crippen LogP contribution in [-0.4, -0.2) is 37.3 Å². The second kappa shape index (κ2) is 5.64. The molecule has 2 heterocycles. The zero-order valence-corrected chi connectivity index (χ0v) is 10.7. The van der Waals surface area contributed by atoms with Gasteiger partial charge in [0.1, 0.15) is 5.71 Å². The predicted molar refractivity (Wildman–Crippen MR) is 67.4 cm³/mol. The van der Waals surface area contributed by atoms with Crippen molar-refractivity contribution in [3.05, 3.63) is 18.2 Å². The van der Waals surface area contributed by atoms with E-state index in [1.807, 2.05) is 4.57 Å². The number of imidazole rings is 1. The van der Waals surface area contributed by atoms with E-state index in [9.17, 15) is 9.59 Å². The molecule has 1 amide bonds. The molecule has 1 N–H and O–H groups in total. The number of aromatic nitrogens is 2. The molecule has 102 valence electrons. The van der Waals surface area contributed by atoms with Crippen LogP contribution in [-0.2, 0) is 22.7 Å². The Morgan fingerprint density at radius 2 is 2.26 bits per heavy atom. The number of hydrogen-bond acceptors (Lipinski definition) is 4. The molecule has 1 aliphatic rings. The molecule has 0 saturated heterocycles. The van der Waals surface area contributed by atoms with Gasteiger partial charge in [-0.25, -0.2) is 14.8 Å². The molecule has 0 radical (unpaired) electrons. The minimum Gasteiger partial charge on any atom is -0.477 e. The Morgan fingerprint density at radius 3 is 2.95 bits per heavy atom. The van der Waals surface area contributed by atoms with Gasteiger partial charge < -0.3 is 9.67 Å². The van der Waals surface area contributed by atoms with E-state index in [2.05, 4.69) is 17.0 Å². The van der Waals surface area contributed by atoms with Crippen molar-refractivity contribution < 1.29 is 14.7 Å². The lowest BCUT2D eigenvalue weighted by atomic mass is 10.1. The van der Waals surface area contributed by atoms with E-state index >= 15 is 0 Å². The maximum Gasteiger partial charge on any atom is 0.352 e. The Bertz CT molecular complexity index is 521. The van der Waals surface area contributed by atoms with Crippen LogP contribution < -0.4 is 0 Å². The topological polar surface area (TPSA) is 87.8 Å². The van der Waals surface area contributed by atoms with Gasteiger partial charge in [0.15, 0.2) is 0 Å². The molecular formula is C12H16N4O3. The van der Waals surface area contributed by atoms with Gasteiger partial charge in [-0.3, -0.25) is 4.79 Å². The molecule has 0 atom stereocenters. The Kier molecular flexibility index (Phi) is 3.94. The van der Waals surface area contributed by atoms with Gasteiger partial charge in [0, 0.05) is 19.4 Å². The van der Waals surface area contributed by atoms with Crippen LogP contribution in [0.25, 0.3) is 0 Å². The minimum absolute atomic E-state index is 0.0288. The summed E-state index contributed by atoms with van der Waals surface area (Å²) in [4.78, 5) is 26.7. The molecule has 1 aromatic heterocycles. The minimum atomic E-state index is -1.07. The molecule has 0 bridgehead atoms. The lowest BCUT2D eigenvalue weighted by molar-refractivity contribution is -0.133. The summed E-state index contributed by atoms with van der Waals surface area (Å²) < 4.78 is 1.94. The number of carbonyl (C=O) groups excluding carboxylic acids is 1. The number of hydrazone groups is 1. The molecule has 7 nitrogen and oxygen atoms in total. The third-order valence-electron chi connectivity index (χ3n) is 2.93. The van der Waals surface area contributed by atoms with Crippen LogP contribution in [0.15, 0.2) is 17.6 Å². The molecule has 0 unspecified atom stereocenters. The lowest BCUT2D eigenvalue weighted by Gasteiger charge is -2.22. The third kappa shape index (κ3) is 2.98. The van der Waals surface area contributed by atoms with E-state index in [0.29, 0.717) is 0 Å². The van der Waals surface area contributed by atoms with Gasteiger partial charge in [-0.15, -0.1) is 0 Å². The van der Waals surface area contributed by atoms with Crippen LogP contribution in [0.2, 0.25) is 0 Å². The highest BCUT2D eigenvalue weighted by molar-refractivity contribution is 6.36. The first-order valence-electron chi connectivity index (χ1n) is 6.22. The maximum absolute atomic E-state index is 11.8. The van der Waals surface area contributed by atoms with Gasteiger partial charge in [-0.2, -0.15) is 5.10 Å². The number of carbonyl (C=O) groups is 2. The van der Waals surface area contributed by atoms with Crippen molar-refractivity contribution in [1.29, 1.82) is 0 Å². The van der Waals surface area contributed by atoms with Crippen LogP contribution in [0.4, 0.5) is 0 Å². The second-order valence-corrected chi connectivity index (χ2v) is 4.38. The number of nitrogens with zero attached hydrogens (tertiary/aromatic N) is 4. The van der Waals surface area contributed by atoms with E-state index in [-0.39, 0.29) is 31.0 Å². The van der Waals surface area contributed by atoms with Crippen LogP contribution in [0.5, 0.6) is 0 Å². The Balaban J connectivity index is 2.16. The molecule has 2 rings (SSSR count). The van der Waals surface area contributed by atoms with E-state index in [0.717, 1.165) is 18.7 Å². The van der Waals surface area contributed by atoms with Gasteiger partial charge in [0.2, 0.25) is 5.91 Å². The van der Waals surface area contributed by atoms with Crippen molar-refractivity contribution in [2.45, 2.75) is 39.3 Å². The van der Waals surface area contributed by atoms with E-state index < -0.39 is 5.97 Å². The number of aliphatic carboxylic acids is 1. The molecule has 0 spiro atoms. The summed E-state index contributed by atoms with van der Waals surface area (Å²) in [5.41, 5.74) is 0.881. The molecule has 0 aromatic carbocycles. The number of carboxylic acid groups (broad SMARTS) is 1. The van der Waals surface area contributed by atoms with Crippen molar-refractivity contribution in [3.8, 4) is 0 Å². The molecule has 1 aromatic rings. The van der Waals surface area contributed by atoms with Crippen molar-refractivity contribution >= 4 is 17.6 Å². The molecule has 0 saturated carbocycles. The van der Waals surface area contributed by atoms with Crippen molar-refractivity contribution in [2.75, 3.05) is 0 Å². The highest BCUT2D eigenvalue weighted by Crippen LogP contribution is 2.14. The summed E-state index contributed by atoms with van der Waals surface area (Å²) in [6.45, 7) is 3.12. The zero-order valence-electron chi connectivity index (χ0n) is 10.7. The van der Waals surface area contributed by atoms with Gasteiger partial charge in [0.25, 0.3) is 0 Å². The number of carboxylic acids is 1. The molecule has 7 heteroatoms. The number of aryl methyl sites for hydroxylation is 1. The lowest BCUT2D eigenvalue weighted by Crippen LogP contribution is -2.34. The van der Waals surface area contributed by atoms with Crippen LogP contribution in [0, 0.1) is 0 Å². The highest BCUT2D eigenvalue weighted by Gasteiger charge is 2.24. The van der Waals surface area contributed by atoms with Gasteiger partial charge in [-0.05, 0) is 6.42 Å². The highest BCUT2D eigenvalue weighted by atomic mass is 16.4. The summed E-state index contributed by atoms with van der Waals surface area (Å²) in [5.74, 6) is -1.23. The van der Waals surface area contributed by atoms with Crippen LogP contribution in [0.3, 0.4) is 0 Å². The average Bonchev–Trinajstić information content (AvgIpc) is 2.80. The van der Waals surface area contributed by atoms with Gasteiger partial charge in [-0.1, -0.05) is 6.92 Å². The fourth-order valence-corrected chi connectivity index (χ4v) is 1.95. The first-order chi connectivity index (χ1) is 9.11. The first-order valence-corrected chi connectivity index (χ1v) is 6.22. The normalized spacial score (nSPS) is 15.5. The van der Waals surface area contributed by atoms with Crippen molar-refractivity contribution in [2.24, 2.45) is 5.10 Å². The summed E-state index contributed by atoms with van der Waals surface area (Å²) in [7, 11) is 0. The SMILES string of the molecule is CCCn1cncc1CN1N=C(C(=O)O)CCC1=O. The average molecular weight is 264 g/mol. The van der Waals surface area contributed by atoms with Crippen molar-refractivity contribution in [1.82, 2.24) is 14.6 Å². The Labute approximate surface area is 110 Å². The molecule has 0 fully saturated rings. The molecule has 19 heavy (non-hydrogen) atoms. The summed E-state index contributed by atoms with van der Waals surface area (Å²) >= 11 is 0. The number of amides is 1. The molecule has 1 aliphatic heterocycles. The second-order valence-electron chi connectivity index (χ2n) is 4.38. The fourth-order valence-electron chi connectivity index (χ4n) is 1.95. The maximum atomic E-state index is 11.8. The fraction of sp³-hybridized carbons (Fsp3) is 0.500. The monoisotopic (exact) mass is 264 g/mol. The first kappa shape index (κ1) is 13.3. The van der Waals surface area contributed by atoms with E-state index in [1.165, 1.54) is 5.01 Å². The number of hydrogen-bond donors (Lipinski definition) is 1. The Morgan fingerprint density at radius 1 is 1.47 bits per heavy atom. The standard InChI is InChI=1S/C12H16N4O3/c1-2-5-15-8-13-6-9(15)7-16-11(17)4-3-10(14-16)12(18)19/h6,8H,2-5,7H2,1H3,(H,18,19). The third-order valence-corrected chi connectivity index (χ3v) is 2.93. The van der Waals surface area contributed by atoms with E-state index in [4.69, 9.17) is 5.11 Å². The number of rotatable bonds is 5. The zero-order chi connectivity index (χ0) is 13.8. The quantitative estimate of drug-likeness (QED) is 0.854. The predicted octanol–water partition coefficient (Wildman–Crippen LogP) is 0.856. The molecule has 0 aliphatic carbocycles. The molecular weight excluding hydrogens is 248 g/mol. The van der Waals surface area contributed by atoms with Gasteiger partial charge >= 0.3 is 5.97 Å². The summed E-state index contributed by atoms with van der Waals surface area (Å²) in [6, 6.07) is 0. The van der Waals surface area contributed by atoms with E-state index in [1.54, 1.807) is 12.5 Å². The van der Waals surface area contributed by atoms with Crippen LogP contribution in [0.1, 0.15) is 31.9 Å². The van der Waals surface area contributed by atoms with Crippen LogP contribution >= 0.6 is 0 Å². The summed E-state index contributed by atoms with van der Waals surface area (Å²) in [5, 5.41) is 14.0. The Hall–Kier alpha value is -2.18. The van der Waals surface area contributed by atoms with Crippen molar-refractivity contribution in [3.63, 3.8) is 0 Å².